The molecular formula is C15H21ClF3N3O3. The average Bonchev–Trinajstić information content (AvgIpc) is 2.54. The van der Waals surface area contributed by atoms with E-state index in [1.807, 2.05) is 0 Å². The van der Waals surface area contributed by atoms with E-state index in [4.69, 9.17) is 10.5 Å². The standard InChI is InChI=1S/C15H20F3N3O3.ClH/c1-3-6-21(15(23)10(19)8-24-2)7-12(22)20-11-5-4-9(16)13(17)14(11)18;/h4-5,10H,3,6-8,19H2,1-2H3,(H,20,22);1H. The normalized spacial score (nSPS) is 11.4. The summed E-state index contributed by atoms with van der Waals surface area (Å²) in [6, 6.07) is 0.653. The van der Waals surface area contributed by atoms with E-state index in [0.717, 1.165) is 6.07 Å². The van der Waals surface area contributed by atoms with Crippen molar-refractivity contribution in [3.63, 3.8) is 0 Å². The molecule has 0 radical (unpaired) electrons. The number of carbonyl (C=O) groups excluding carboxylic acids is 2. The Kier molecular flexibility index (Phi) is 10.1. The van der Waals surface area contributed by atoms with Crippen LogP contribution in [0.15, 0.2) is 12.1 Å². The van der Waals surface area contributed by atoms with E-state index in [-0.39, 0.29) is 25.6 Å². The minimum absolute atomic E-state index is 0. The topological polar surface area (TPSA) is 84.7 Å². The van der Waals surface area contributed by atoms with Gasteiger partial charge in [0.2, 0.25) is 11.8 Å². The Bertz CT molecular complexity index is 605. The van der Waals surface area contributed by atoms with E-state index in [1.165, 1.54) is 12.0 Å². The van der Waals surface area contributed by atoms with Gasteiger partial charge in [0.1, 0.15) is 6.04 Å². The predicted octanol–water partition coefficient (Wildman–Crippen LogP) is 1.68. The first-order valence-corrected chi connectivity index (χ1v) is 7.28. The van der Waals surface area contributed by atoms with Crippen LogP contribution in [0.2, 0.25) is 0 Å². The lowest BCUT2D eigenvalue weighted by Gasteiger charge is -2.24. The number of methoxy groups -OCH3 is 1. The minimum atomic E-state index is -1.68. The second kappa shape index (κ2) is 10.9. The van der Waals surface area contributed by atoms with E-state index < -0.39 is 47.5 Å². The summed E-state index contributed by atoms with van der Waals surface area (Å²) in [6.45, 7) is 1.64. The average molecular weight is 384 g/mol. The van der Waals surface area contributed by atoms with Gasteiger partial charge < -0.3 is 20.7 Å². The highest BCUT2D eigenvalue weighted by atomic mass is 35.5. The van der Waals surface area contributed by atoms with Crippen LogP contribution in [0.4, 0.5) is 18.9 Å². The molecular weight excluding hydrogens is 363 g/mol. The number of hydrogen-bond acceptors (Lipinski definition) is 4. The SMILES string of the molecule is CCCN(CC(=O)Nc1ccc(F)c(F)c1F)C(=O)C(N)COC.Cl. The summed E-state index contributed by atoms with van der Waals surface area (Å²) >= 11 is 0. The van der Waals surface area contributed by atoms with Crippen molar-refractivity contribution in [2.45, 2.75) is 19.4 Å². The Morgan fingerprint density at radius 1 is 1.28 bits per heavy atom. The molecule has 2 amide bonds. The fraction of sp³-hybridized carbons (Fsp3) is 0.467. The molecule has 1 aromatic rings. The molecule has 0 heterocycles. The number of halogens is 4. The fourth-order valence-corrected chi connectivity index (χ4v) is 2.01. The van der Waals surface area contributed by atoms with E-state index in [2.05, 4.69) is 5.32 Å². The zero-order valence-corrected chi connectivity index (χ0v) is 14.7. The monoisotopic (exact) mass is 383 g/mol. The second-order valence-electron chi connectivity index (χ2n) is 5.09. The van der Waals surface area contributed by atoms with Crippen LogP contribution in [-0.4, -0.2) is 49.6 Å². The molecule has 3 N–H and O–H groups in total. The maximum atomic E-state index is 13.5. The van der Waals surface area contributed by atoms with Crippen molar-refractivity contribution in [2.24, 2.45) is 5.73 Å². The number of nitrogens with zero attached hydrogens (tertiary/aromatic N) is 1. The molecule has 1 unspecified atom stereocenters. The van der Waals surface area contributed by atoms with Crippen molar-refractivity contribution in [3.05, 3.63) is 29.6 Å². The maximum Gasteiger partial charge on any atom is 0.244 e. The quantitative estimate of drug-likeness (QED) is 0.669. The van der Waals surface area contributed by atoms with Gasteiger partial charge in [-0.25, -0.2) is 13.2 Å². The molecule has 10 heteroatoms. The molecule has 0 aromatic heterocycles. The van der Waals surface area contributed by atoms with Gasteiger partial charge in [-0.1, -0.05) is 6.92 Å². The van der Waals surface area contributed by atoms with Crippen LogP contribution >= 0.6 is 12.4 Å². The first-order valence-electron chi connectivity index (χ1n) is 7.28. The summed E-state index contributed by atoms with van der Waals surface area (Å²) in [4.78, 5) is 25.3. The summed E-state index contributed by atoms with van der Waals surface area (Å²) in [5.74, 6) is -5.81. The first-order chi connectivity index (χ1) is 11.3. The molecule has 1 aromatic carbocycles. The van der Waals surface area contributed by atoms with Crippen molar-refractivity contribution in [1.82, 2.24) is 4.90 Å². The third-order valence-corrected chi connectivity index (χ3v) is 3.11. The summed E-state index contributed by atoms with van der Waals surface area (Å²) in [5, 5.41) is 2.11. The van der Waals surface area contributed by atoms with Gasteiger partial charge in [0.05, 0.1) is 18.8 Å². The maximum absolute atomic E-state index is 13.5. The number of nitrogens with two attached hydrogens (primary N) is 1. The molecule has 0 aliphatic carbocycles. The second-order valence-corrected chi connectivity index (χ2v) is 5.09. The molecule has 0 bridgehead atoms. The Labute approximate surface area is 149 Å². The van der Waals surface area contributed by atoms with Crippen LogP contribution in [0.25, 0.3) is 0 Å². The van der Waals surface area contributed by atoms with Crippen LogP contribution in [0.1, 0.15) is 13.3 Å². The zero-order chi connectivity index (χ0) is 18.3. The zero-order valence-electron chi connectivity index (χ0n) is 13.9. The van der Waals surface area contributed by atoms with Gasteiger partial charge in [-0.3, -0.25) is 9.59 Å². The van der Waals surface area contributed by atoms with Crippen LogP contribution in [0.5, 0.6) is 0 Å². The van der Waals surface area contributed by atoms with Crippen molar-refractivity contribution in [1.29, 1.82) is 0 Å². The number of anilines is 1. The van der Waals surface area contributed by atoms with Gasteiger partial charge in [-0.05, 0) is 18.6 Å². The largest absolute Gasteiger partial charge is 0.383 e. The summed E-state index contributed by atoms with van der Waals surface area (Å²) < 4.78 is 44.4. The predicted molar refractivity (Wildman–Crippen MR) is 88.9 cm³/mol. The number of ether oxygens (including phenoxy) is 1. The van der Waals surface area contributed by atoms with E-state index >= 15 is 0 Å². The molecule has 25 heavy (non-hydrogen) atoms. The van der Waals surface area contributed by atoms with Crippen molar-refractivity contribution >= 4 is 29.9 Å². The van der Waals surface area contributed by atoms with Crippen molar-refractivity contribution < 1.29 is 27.5 Å². The number of benzene rings is 1. The lowest BCUT2D eigenvalue weighted by atomic mass is 10.2. The van der Waals surface area contributed by atoms with E-state index in [0.29, 0.717) is 12.5 Å². The molecule has 0 aliphatic rings. The molecule has 0 spiro atoms. The number of carbonyl (C=O) groups is 2. The van der Waals surface area contributed by atoms with Gasteiger partial charge in [-0.2, -0.15) is 0 Å². The molecule has 142 valence electrons. The van der Waals surface area contributed by atoms with E-state index in [1.54, 1.807) is 6.92 Å². The molecule has 1 rings (SSSR count). The third-order valence-electron chi connectivity index (χ3n) is 3.11. The van der Waals surface area contributed by atoms with Gasteiger partial charge >= 0.3 is 0 Å². The smallest absolute Gasteiger partial charge is 0.244 e. The summed E-state index contributed by atoms with van der Waals surface area (Å²) in [7, 11) is 1.38. The Balaban J connectivity index is 0.00000576. The molecule has 0 saturated carbocycles. The summed E-state index contributed by atoms with van der Waals surface area (Å²) in [6.07, 6.45) is 0.568. The Morgan fingerprint density at radius 3 is 2.48 bits per heavy atom. The van der Waals surface area contributed by atoms with E-state index in [9.17, 15) is 22.8 Å². The molecule has 0 saturated heterocycles. The fourth-order valence-electron chi connectivity index (χ4n) is 2.01. The van der Waals surface area contributed by atoms with Crippen LogP contribution in [0, 0.1) is 17.5 Å². The number of hydrogen-bond donors (Lipinski definition) is 2. The van der Waals surface area contributed by atoms with Crippen LogP contribution in [-0.2, 0) is 14.3 Å². The lowest BCUT2D eigenvalue weighted by Crippen LogP contribution is -2.48. The van der Waals surface area contributed by atoms with Gasteiger partial charge in [0.25, 0.3) is 0 Å². The molecule has 0 fully saturated rings. The van der Waals surface area contributed by atoms with Crippen LogP contribution < -0.4 is 11.1 Å². The van der Waals surface area contributed by atoms with Gasteiger partial charge in [0, 0.05) is 13.7 Å². The minimum Gasteiger partial charge on any atom is -0.383 e. The molecule has 1 atom stereocenters. The Morgan fingerprint density at radius 2 is 1.92 bits per heavy atom. The van der Waals surface area contributed by atoms with Gasteiger partial charge in [0.15, 0.2) is 17.5 Å². The lowest BCUT2D eigenvalue weighted by molar-refractivity contribution is -0.136. The van der Waals surface area contributed by atoms with Crippen LogP contribution in [0.3, 0.4) is 0 Å². The Hall–Kier alpha value is -1.84. The third kappa shape index (κ3) is 6.52. The molecule has 6 nitrogen and oxygen atoms in total. The number of nitrogens with one attached hydrogen (secondary N) is 1. The highest BCUT2D eigenvalue weighted by Gasteiger charge is 2.23. The van der Waals surface area contributed by atoms with Gasteiger partial charge in [-0.15, -0.1) is 12.4 Å². The van der Waals surface area contributed by atoms with Crippen molar-refractivity contribution in [2.75, 3.05) is 32.1 Å². The highest BCUT2D eigenvalue weighted by Crippen LogP contribution is 2.19. The number of rotatable bonds is 8. The molecule has 0 aliphatic heterocycles. The first kappa shape index (κ1) is 23.2. The highest BCUT2D eigenvalue weighted by molar-refractivity contribution is 5.95. The summed E-state index contributed by atoms with van der Waals surface area (Å²) in [5.41, 5.74) is 5.14. The number of amides is 2. The van der Waals surface area contributed by atoms with Crippen molar-refractivity contribution in [3.8, 4) is 0 Å².